The van der Waals surface area contributed by atoms with E-state index in [1.807, 2.05) is 36.7 Å². The molecule has 0 aromatic carbocycles. The lowest BCUT2D eigenvalue weighted by molar-refractivity contribution is 0.122. The van der Waals surface area contributed by atoms with Crippen LogP contribution in [0.2, 0.25) is 0 Å². The fraction of sp³-hybridized carbons (Fsp3) is 0.355. The minimum atomic E-state index is -1.12. The lowest BCUT2D eigenvalue weighted by atomic mass is 10.0. The summed E-state index contributed by atoms with van der Waals surface area (Å²) >= 11 is 0. The van der Waals surface area contributed by atoms with Gasteiger partial charge in [-0.3, -0.25) is 4.90 Å². The third kappa shape index (κ3) is 5.76. The van der Waals surface area contributed by atoms with Crippen molar-refractivity contribution < 1.29 is 9.84 Å². The molecular formula is C31H33N7O2. The van der Waals surface area contributed by atoms with E-state index in [1.165, 1.54) is 0 Å². The van der Waals surface area contributed by atoms with Gasteiger partial charge in [0, 0.05) is 73.1 Å². The number of fused-ring (bicyclic) bond motifs is 1. The second-order valence-electron chi connectivity index (χ2n) is 10.8. The first kappa shape index (κ1) is 27.1. The normalized spacial score (nSPS) is 17.8. The number of hydrogen-bond acceptors (Lipinski definition) is 8. The topological polar surface area (TPSA) is 103 Å². The number of hydrogen-bond donors (Lipinski definition) is 1. The molecule has 204 valence electrons. The van der Waals surface area contributed by atoms with Crippen LogP contribution in [0.3, 0.4) is 0 Å². The summed E-state index contributed by atoms with van der Waals surface area (Å²) in [6.07, 6.45) is 7.05. The summed E-state index contributed by atoms with van der Waals surface area (Å²) in [6.45, 7) is 10.3. The number of aliphatic hydroxyl groups is 1. The third-order valence-corrected chi connectivity index (χ3v) is 7.10. The Morgan fingerprint density at radius 1 is 1.07 bits per heavy atom. The molecule has 5 heterocycles. The Morgan fingerprint density at radius 2 is 1.85 bits per heavy atom. The molecule has 9 heteroatoms. The van der Waals surface area contributed by atoms with Gasteiger partial charge >= 0.3 is 0 Å². The molecule has 2 unspecified atom stereocenters. The molecule has 1 aliphatic heterocycles. The molecule has 0 amide bonds. The zero-order valence-corrected chi connectivity index (χ0v) is 23.5. The molecule has 2 atom stereocenters. The van der Waals surface area contributed by atoms with Crippen LogP contribution in [0.4, 0.5) is 5.82 Å². The Balaban J connectivity index is 1.38. The van der Waals surface area contributed by atoms with Gasteiger partial charge in [-0.2, -0.15) is 10.4 Å². The molecule has 4 aromatic heterocycles. The minimum absolute atomic E-state index is 0.322. The van der Waals surface area contributed by atoms with Gasteiger partial charge in [0.05, 0.1) is 24.4 Å². The zero-order valence-electron chi connectivity index (χ0n) is 23.5. The second-order valence-corrected chi connectivity index (χ2v) is 10.8. The van der Waals surface area contributed by atoms with Crippen LogP contribution >= 0.6 is 0 Å². The smallest absolute Gasteiger partial charge is 0.212 e. The average Bonchev–Trinajstić information content (AvgIpc) is 3.36. The number of anilines is 1. The molecule has 0 spiro atoms. The van der Waals surface area contributed by atoms with Crippen molar-refractivity contribution in [2.45, 2.75) is 51.9 Å². The highest BCUT2D eigenvalue weighted by Crippen LogP contribution is 2.30. The van der Waals surface area contributed by atoms with Crippen LogP contribution < -0.4 is 9.64 Å². The first-order valence-electron chi connectivity index (χ1n) is 13.3. The highest BCUT2D eigenvalue weighted by molar-refractivity contribution is 5.85. The summed E-state index contributed by atoms with van der Waals surface area (Å²) in [5, 5.41) is 24.1. The van der Waals surface area contributed by atoms with Crippen LogP contribution in [0.5, 0.6) is 5.88 Å². The highest BCUT2D eigenvalue weighted by Gasteiger charge is 2.30. The van der Waals surface area contributed by atoms with Gasteiger partial charge in [0.15, 0.2) is 0 Å². The Kier molecular flexibility index (Phi) is 7.44. The number of nitriles is 1. The van der Waals surface area contributed by atoms with Gasteiger partial charge in [0.2, 0.25) is 5.88 Å². The number of methoxy groups -OCH3 is 1. The van der Waals surface area contributed by atoms with E-state index in [4.69, 9.17) is 9.72 Å². The van der Waals surface area contributed by atoms with Crippen LogP contribution in [0.25, 0.3) is 16.6 Å². The minimum Gasteiger partial charge on any atom is -0.481 e. The Morgan fingerprint density at radius 3 is 2.45 bits per heavy atom. The quantitative estimate of drug-likeness (QED) is 0.384. The van der Waals surface area contributed by atoms with Gasteiger partial charge in [0.25, 0.3) is 0 Å². The fourth-order valence-corrected chi connectivity index (χ4v) is 5.14. The molecule has 0 radical (unpaired) electrons. The maximum absolute atomic E-state index is 10.1. The van der Waals surface area contributed by atoms with Gasteiger partial charge in [-0.15, -0.1) is 0 Å². The molecule has 1 aliphatic rings. The Hall–Kier alpha value is -4.44. The molecule has 0 aliphatic carbocycles. The number of rotatable bonds is 5. The van der Waals surface area contributed by atoms with Gasteiger partial charge in [-0.05, 0) is 51.5 Å². The number of aromatic nitrogens is 4. The summed E-state index contributed by atoms with van der Waals surface area (Å²) in [7, 11) is 1.62. The van der Waals surface area contributed by atoms with E-state index in [2.05, 4.69) is 57.7 Å². The van der Waals surface area contributed by atoms with Crippen LogP contribution in [0.15, 0.2) is 55.1 Å². The molecule has 1 fully saturated rings. The fourth-order valence-electron chi connectivity index (χ4n) is 5.14. The predicted octanol–water partition coefficient (Wildman–Crippen LogP) is 3.89. The molecule has 5 rings (SSSR count). The van der Waals surface area contributed by atoms with Crippen molar-refractivity contribution in [3.63, 3.8) is 0 Å². The molecular weight excluding hydrogens is 502 g/mol. The van der Waals surface area contributed by atoms with Crippen molar-refractivity contribution in [1.82, 2.24) is 24.5 Å². The molecule has 0 saturated carbocycles. The van der Waals surface area contributed by atoms with E-state index >= 15 is 0 Å². The van der Waals surface area contributed by atoms with E-state index in [1.54, 1.807) is 37.9 Å². The first-order chi connectivity index (χ1) is 19.1. The van der Waals surface area contributed by atoms with E-state index in [0.717, 1.165) is 42.1 Å². The lowest BCUT2D eigenvalue weighted by Gasteiger charge is -2.45. The Labute approximate surface area is 234 Å². The lowest BCUT2D eigenvalue weighted by Crippen LogP contribution is -2.56. The average molecular weight is 536 g/mol. The van der Waals surface area contributed by atoms with Crippen molar-refractivity contribution in [2.75, 3.05) is 25.1 Å². The van der Waals surface area contributed by atoms with E-state index in [9.17, 15) is 10.4 Å². The Bertz CT molecular complexity index is 1590. The van der Waals surface area contributed by atoms with Crippen molar-refractivity contribution in [1.29, 1.82) is 5.26 Å². The number of nitrogens with zero attached hydrogens (tertiary/aromatic N) is 7. The van der Waals surface area contributed by atoms with Gasteiger partial charge in [-0.25, -0.2) is 14.5 Å². The van der Waals surface area contributed by atoms with Crippen molar-refractivity contribution in [3.8, 4) is 34.9 Å². The van der Waals surface area contributed by atoms with Crippen LogP contribution in [0, 0.1) is 23.2 Å². The van der Waals surface area contributed by atoms with Crippen molar-refractivity contribution in [2.24, 2.45) is 0 Å². The number of ether oxygens (including phenoxy) is 1. The van der Waals surface area contributed by atoms with Crippen LogP contribution in [-0.4, -0.2) is 67.5 Å². The van der Waals surface area contributed by atoms with E-state index in [-0.39, 0.29) is 0 Å². The van der Waals surface area contributed by atoms with E-state index < -0.39 is 5.60 Å². The summed E-state index contributed by atoms with van der Waals surface area (Å²) in [5.74, 6) is 7.41. The van der Waals surface area contributed by atoms with Gasteiger partial charge in [-0.1, -0.05) is 17.9 Å². The van der Waals surface area contributed by atoms with Crippen molar-refractivity contribution >= 4 is 11.3 Å². The maximum atomic E-state index is 10.1. The summed E-state index contributed by atoms with van der Waals surface area (Å²) < 4.78 is 6.85. The molecule has 0 bridgehead atoms. The summed E-state index contributed by atoms with van der Waals surface area (Å²) in [5.41, 5.74) is 3.59. The number of piperazine rings is 1. The molecule has 4 aromatic rings. The molecule has 1 saturated heterocycles. The molecule has 40 heavy (non-hydrogen) atoms. The van der Waals surface area contributed by atoms with Crippen LogP contribution in [0.1, 0.15) is 44.4 Å². The molecule has 9 nitrogen and oxygen atoms in total. The van der Waals surface area contributed by atoms with Crippen molar-refractivity contribution in [3.05, 3.63) is 71.8 Å². The second kappa shape index (κ2) is 11.0. The zero-order chi connectivity index (χ0) is 28.4. The summed E-state index contributed by atoms with van der Waals surface area (Å²) in [4.78, 5) is 14.0. The monoisotopic (exact) mass is 535 g/mol. The maximum Gasteiger partial charge on any atom is 0.212 e. The standard InChI is InChI=1S/C31H33N7O2/c1-21-17-36(18-22(2)37(21)19-24-6-9-29(40-5)34-14-24)28-8-7-25(15-33-28)27-12-23(10-11-31(3,4)39)20-38-30(27)26(13-32)16-35-38/h6-9,12,14-16,20-22,39H,17-19H2,1-5H3. The molecule has 1 N–H and O–H groups in total. The first-order valence-corrected chi connectivity index (χ1v) is 13.3. The SMILES string of the molecule is COc1ccc(CN2C(C)CN(c3ccc(-c4cc(C#CC(C)(C)O)cn5ncc(C#N)c45)cn3)CC2C)cn1. The van der Waals surface area contributed by atoms with E-state index in [0.29, 0.717) is 34.6 Å². The highest BCUT2D eigenvalue weighted by atomic mass is 16.5. The van der Waals surface area contributed by atoms with Crippen LogP contribution in [-0.2, 0) is 6.54 Å². The largest absolute Gasteiger partial charge is 0.481 e. The number of pyridine rings is 3. The third-order valence-electron chi connectivity index (χ3n) is 7.10. The predicted molar refractivity (Wildman–Crippen MR) is 154 cm³/mol. The summed E-state index contributed by atoms with van der Waals surface area (Å²) in [6, 6.07) is 12.8. The van der Waals surface area contributed by atoms with Gasteiger partial charge < -0.3 is 14.7 Å². The van der Waals surface area contributed by atoms with Gasteiger partial charge in [0.1, 0.15) is 17.5 Å².